The number of nitro benzene ring substituents is 1. The van der Waals surface area contributed by atoms with Crippen molar-refractivity contribution in [3.05, 3.63) is 39.9 Å². The van der Waals surface area contributed by atoms with Gasteiger partial charge in [-0.25, -0.2) is 0 Å². The van der Waals surface area contributed by atoms with Crippen LogP contribution in [0.3, 0.4) is 0 Å². The highest BCUT2D eigenvalue weighted by Gasteiger charge is 2.33. The van der Waals surface area contributed by atoms with Gasteiger partial charge in [-0.3, -0.25) is 14.9 Å². The van der Waals surface area contributed by atoms with E-state index in [4.69, 9.17) is 4.74 Å². The van der Waals surface area contributed by atoms with Crippen molar-refractivity contribution < 1.29 is 14.5 Å². The maximum atomic E-state index is 12.3. The summed E-state index contributed by atoms with van der Waals surface area (Å²) in [5, 5.41) is 14.3. The van der Waals surface area contributed by atoms with Gasteiger partial charge in [0.2, 0.25) is 0 Å². The molecule has 1 fully saturated rings. The molecule has 0 aromatic heterocycles. The van der Waals surface area contributed by atoms with Crippen LogP contribution < -0.4 is 5.32 Å². The molecule has 108 valence electrons. The summed E-state index contributed by atoms with van der Waals surface area (Å²) in [6, 6.07) is 5.74. The number of benzene rings is 1. The van der Waals surface area contributed by atoms with Crippen molar-refractivity contribution >= 4 is 27.5 Å². The van der Waals surface area contributed by atoms with E-state index in [1.165, 1.54) is 18.2 Å². The molecule has 1 saturated heterocycles. The second kappa shape index (κ2) is 6.32. The Morgan fingerprint density at radius 2 is 2.15 bits per heavy atom. The Balaban J connectivity index is 2.14. The number of alkyl halides is 1. The highest BCUT2D eigenvalue weighted by Crippen LogP contribution is 2.24. The quantitative estimate of drug-likeness (QED) is 0.517. The highest BCUT2D eigenvalue weighted by molar-refractivity contribution is 9.09. The lowest BCUT2D eigenvalue weighted by Gasteiger charge is -2.36. The summed E-state index contributed by atoms with van der Waals surface area (Å²) in [7, 11) is 0. The minimum absolute atomic E-state index is 0.0856. The van der Waals surface area contributed by atoms with Crippen LogP contribution in [0.2, 0.25) is 0 Å². The molecule has 1 N–H and O–H groups in total. The first-order valence-electron chi connectivity index (χ1n) is 6.27. The van der Waals surface area contributed by atoms with Crippen molar-refractivity contribution in [2.24, 2.45) is 0 Å². The van der Waals surface area contributed by atoms with Crippen LogP contribution in [-0.4, -0.2) is 34.9 Å². The number of carbonyl (C=O) groups is 1. The lowest BCUT2D eigenvalue weighted by Crippen LogP contribution is -2.53. The molecule has 1 heterocycles. The van der Waals surface area contributed by atoms with Gasteiger partial charge in [0.15, 0.2) is 0 Å². The molecule has 6 nitrogen and oxygen atoms in total. The van der Waals surface area contributed by atoms with Crippen molar-refractivity contribution in [2.45, 2.75) is 18.4 Å². The Bertz CT molecular complexity index is 515. The minimum Gasteiger partial charge on any atom is -0.381 e. The van der Waals surface area contributed by atoms with Gasteiger partial charge >= 0.3 is 0 Å². The summed E-state index contributed by atoms with van der Waals surface area (Å²) in [6.07, 6.45) is 1.44. The Morgan fingerprint density at radius 1 is 1.45 bits per heavy atom. The zero-order valence-electron chi connectivity index (χ0n) is 10.8. The van der Waals surface area contributed by atoms with Crippen LogP contribution in [0.5, 0.6) is 0 Å². The SMILES string of the molecule is O=C(NC1(CBr)CCOCC1)c1cccc([N+](=O)[O-])c1. The molecule has 0 unspecified atom stereocenters. The molecule has 1 aliphatic heterocycles. The predicted octanol–water partition coefficient (Wildman–Crippen LogP) is 2.27. The number of amides is 1. The van der Waals surface area contributed by atoms with E-state index < -0.39 is 4.92 Å². The van der Waals surface area contributed by atoms with E-state index in [-0.39, 0.29) is 17.1 Å². The van der Waals surface area contributed by atoms with E-state index in [0.717, 1.165) is 12.8 Å². The Kier molecular flexibility index (Phi) is 4.72. The largest absolute Gasteiger partial charge is 0.381 e. The number of ether oxygens (including phenoxy) is 1. The zero-order chi connectivity index (χ0) is 14.6. The highest BCUT2D eigenvalue weighted by atomic mass is 79.9. The van der Waals surface area contributed by atoms with Crippen molar-refractivity contribution in [3.63, 3.8) is 0 Å². The summed E-state index contributed by atoms with van der Waals surface area (Å²) < 4.78 is 5.30. The summed E-state index contributed by atoms with van der Waals surface area (Å²) in [5.74, 6) is -0.296. The maximum Gasteiger partial charge on any atom is 0.270 e. The topological polar surface area (TPSA) is 81.5 Å². The van der Waals surface area contributed by atoms with Gasteiger partial charge in [0.05, 0.1) is 10.5 Å². The standard InChI is InChI=1S/C13H15BrN2O4/c14-9-13(4-6-20-7-5-13)15-12(17)10-2-1-3-11(8-10)16(18)19/h1-3,8H,4-7,9H2,(H,15,17). The molecule has 2 rings (SSSR count). The first kappa shape index (κ1) is 14.9. The number of nitrogens with zero attached hydrogens (tertiary/aromatic N) is 1. The Hall–Kier alpha value is -1.47. The molecule has 0 radical (unpaired) electrons. The van der Waals surface area contributed by atoms with Crippen LogP contribution in [-0.2, 0) is 4.74 Å². The molecule has 7 heteroatoms. The maximum absolute atomic E-state index is 12.3. The number of nitrogens with one attached hydrogen (secondary N) is 1. The minimum atomic E-state index is -0.508. The summed E-state index contributed by atoms with van der Waals surface area (Å²) >= 11 is 3.43. The molecule has 20 heavy (non-hydrogen) atoms. The number of non-ortho nitro benzene ring substituents is 1. The summed E-state index contributed by atoms with van der Waals surface area (Å²) in [4.78, 5) is 22.5. The van der Waals surface area contributed by atoms with E-state index in [1.807, 2.05) is 0 Å². The van der Waals surface area contributed by atoms with Crippen molar-refractivity contribution in [2.75, 3.05) is 18.5 Å². The summed E-state index contributed by atoms with van der Waals surface area (Å²) in [6.45, 7) is 1.20. The lowest BCUT2D eigenvalue weighted by molar-refractivity contribution is -0.384. The first-order valence-corrected chi connectivity index (χ1v) is 7.39. The molecule has 0 spiro atoms. The smallest absolute Gasteiger partial charge is 0.270 e. The lowest BCUT2D eigenvalue weighted by atomic mass is 9.92. The predicted molar refractivity (Wildman–Crippen MR) is 77.1 cm³/mol. The van der Waals surface area contributed by atoms with Crippen molar-refractivity contribution in [1.29, 1.82) is 0 Å². The van der Waals surface area contributed by atoms with Gasteiger partial charge in [0.25, 0.3) is 11.6 Å². The van der Waals surface area contributed by atoms with Gasteiger partial charge in [-0.15, -0.1) is 0 Å². The zero-order valence-corrected chi connectivity index (χ0v) is 12.4. The van der Waals surface area contributed by atoms with Crippen molar-refractivity contribution in [1.82, 2.24) is 5.32 Å². The van der Waals surface area contributed by atoms with E-state index in [9.17, 15) is 14.9 Å². The summed E-state index contributed by atoms with van der Waals surface area (Å²) in [5.41, 5.74) is -0.136. The van der Waals surface area contributed by atoms with Crippen LogP contribution in [0.25, 0.3) is 0 Å². The van der Waals surface area contributed by atoms with Crippen LogP contribution in [0, 0.1) is 10.1 Å². The Morgan fingerprint density at radius 3 is 2.75 bits per heavy atom. The Labute approximate surface area is 124 Å². The molecule has 1 amide bonds. The van der Waals surface area contributed by atoms with E-state index in [0.29, 0.717) is 24.1 Å². The van der Waals surface area contributed by atoms with Gasteiger partial charge in [-0.1, -0.05) is 22.0 Å². The third kappa shape index (κ3) is 3.34. The van der Waals surface area contributed by atoms with E-state index in [2.05, 4.69) is 21.2 Å². The van der Waals surface area contributed by atoms with Gasteiger partial charge in [0, 0.05) is 36.2 Å². The third-order valence-corrected chi connectivity index (χ3v) is 4.48. The van der Waals surface area contributed by atoms with Crippen LogP contribution >= 0.6 is 15.9 Å². The molecular formula is C13H15BrN2O4. The van der Waals surface area contributed by atoms with Gasteiger partial charge < -0.3 is 10.1 Å². The third-order valence-electron chi connectivity index (χ3n) is 3.40. The average molecular weight is 343 g/mol. The number of nitro groups is 1. The van der Waals surface area contributed by atoms with Crippen molar-refractivity contribution in [3.8, 4) is 0 Å². The number of hydrogen-bond donors (Lipinski definition) is 1. The molecule has 0 saturated carbocycles. The average Bonchev–Trinajstić information content (AvgIpc) is 2.48. The second-order valence-electron chi connectivity index (χ2n) is 4.79. The fraction of sp³-hybridized carbons (Fsp3) is 0.462. The molecule has 0 aliphatic carbocycles. The molecular weight excluding hydrogens is 328 g/mol. The van der Waals surface area contributed by atoms with Crippen LogP contribution in [0.4, 0.5) is 5.69 Å². The normalized spacial score (nSPS) is 17.4. The number of rotatable bonds is 4. The second-order valence-corrected chi connectivity index (χ2v) is 5.35. The molecule has 0 bridgehead atoms. The number of halogens is 1. The van der Waals surface area contributed by atoms with Crippen LogP contribution in [0.1, 0.15) is 23.2 Å². The molecule has 1 aliphatic rings. The number of hydrogen-bond acceptors (Lipinski definition) is 4. The molecule has 1 aromatic carbocycles. The fourth-order valence-electron chi connectivity index (χ4n) is 2.13. The van der Waals surface area contributed by atoms with E-state index >= 15 is 0 Å². The molecule has 1 aromatic rings. The van der Waals surface area contributed by atoms with E-state index in [1.54, 1.807) is 6.07 Å². The molecule has 0 atom stereocenters. The number of carbonyl (C=O) groups excluding carboxylic acids is 1. The van der Waals surface area contributed by atoms with Crippen LogP contribution in [0.15, 0.2) is 24.3 Å². The fourth-order valence-corrected chi connectivity index (χ4v) is 2.83. The van der Waals surface area contributed by atoms with Gasteiger partial charge in [-0.2, -0.15) is 0 Å². The van der Waals surface area contributed by atoms with Gasteiger partial charge in [0.1, 0.15) is 0 Å². The monoisotopic (exact) mass is 342 g/mol. The van der Waals surface area contributed by atoms with Gasteiger partial charge in [-0.05, 0) is 18.9 Å². The first-order chi connectivity index (χ1) is 9.56.